The molecule has 0 atom stereocenters. The van der Waals surface area contributed by atoms with Crippen LogP contribution in [0.2, 0.25) is 0 Å². The summed E-state index contributed by atoms with van der Waals surface area (Å²) in [6.45, 7) is 6.69. The molecule has 0 saturated heterocycles. The predicted molar refractivity (Wildman–Crippen MR) is 161 cm³/mol. The highest BCUT2D eigenvalue weighted by atomic mass is 79.9. The lowest BCUT2D eigenvalue weighted by atomic mass is 10.2. The second kappa shape index (κ2) is 13.4. The number of benzene rings is 2. The van der Waals surface area contributed by atoms with Gasteiger partial charge >= 0.3 is 5.91 Å². The van der Waals surface area contributed by atoms with Crippen LogP contribution in [0.1, 0.15) is 40.2 Å². The van der Waals surface area contributed by atoms with Gasteiger partial charge in [-0.3, -0.25) is 4.79 Å². The third-order valence-electron chi connectivity index (χ3n) is 5.76. The minimum Gasteiger partial charge on any atom is -0.490 e. The smallest absolute Gasteiger partial charge is 0.307 e. The summed E-state index contributed by atoms with van der Waals surface area (Å²) in [7, 11) is 0. The Balaban J connectivity index is 1.36. The van der Waals surface area contributed by atoms with E-state index in [0.717, 1.165) is 17.1 Å². The number of hydrogen-bond donors (Lipinski definition) is 1. The maximum Gasteiger partial charge on any atom is 0.307 e. The lowest BCUT2D eigenvalue weighted by Crippen LogP contribution is -2.17. The average molecular weight is 669 g/mol. The van der Waals surface area contributed by atoms with Gasteiger partial charge in [-0.25, -0.2) is 5.43 Å². The van der Waals surface area contributed by atoms with Gasteiger partial charge in [0, 0.05) is 27.1 Å². The fourth-order valence-electron chi connectivity index (χ4n) is 3.92. The molecule has 0 unspecified atom stereocenters. The summed E-state index contributed by atoms with van der Waals surface area (Å²) in [6.07, 6.45) is 6.79. The number of nitrogens with one attached hydrogen (secondary N) is 1. The van der Waals surface area contributed by atoms with E-state index in [9.17, 15) is 4.79 Å². The number of amides is 1. The first-order valence-electron chi connectivity index (χ1n) is 12.3. The Bertz CT molecular complexity index is 1550. The molecule has 0 radical (unpaired) electrons. The number of carbonyl (C=O) groups excluding carboxylic acids is 1. The molecule has 8 nitrogen and oxygen atoms in total. The molecule has 4 aromatic rings. The first-order valence-corrected chi connectivity index (χ1v) is 13.9. The van der Waals surface area contributed by atoms with Gasteiger partial charge in [0.15, 0.2) is 17.3 Å². The van der Waals surface area contributed by atoms with Crippen molar-refractivity contribution >= 4 is 44.0 Å². The van der Waals surface area contributed by atoms with E-state index in [0.29, 0.717) is 44.1 Å². The summed E-state index contributed by atoms with van der Waals surface area (Å²) in [5.41, 5.74) is 6.50. The van der Waals surface area contributed by atoms with Gasteiger partial charge in [0.2, 0.25) is 0 Å². The Labute approximate surface area is 249 Å². The molecule has 0 bridgehead atoms. The quantitative estimate of drug-likeness (QED) is 0.106. The second-order valence-corrected chi connectivity index (χ2v) is 10.1. The van der Waals surface area contributed by atoms with Crippen molar-refractivity contribution in [3.63, 3.8) is 0 Å². The second-order valence-electron chi connectivity index (χ2n) is 8.55. The molecule has 0 saturated carbocycles. The van der Waals surface area contributed by atoms with Gasteiger partial charge < -0.3 is 23.2 Å². The fraction of sp³-hybridized carbons (Fsp3) is 0.200. The van der Waals surface area contributed by atoms with Gasteiger partial charge in [-0.1, -0.05) is 5.92 Å². The maximum atomic E-state index is 12.6. The number of nitrogens with zero attached hydrogens (tertiary/aromatic N) is 2. The lowest BCUT2D eigenvalue weighted by Gasteiger charge is -2.15. The monoisotopic (exact) mass is 667 g/mol. The highest BCUT2D eigenvalue weighted by molar-refractivity contribution is 9.13. The summed E-state index contributed by atoms with van der Waals surface area (Å²) in [6, 6.07) is 17.0. The summed E-state index contributed by atoms with van der Waals surface area (Å²) < 4.78 is 26.2. The Hall–Kier alpha value is -3.94. The van der Waals surface area contributed by atoms with Crippen LogP contribution in [0.3, 0.4) is 0 Å². The molecule has 0 spiro atoms. The van der Waals surface area contributed by atoms with Gasteiger partial charge in [0.1, 0.15) is 24.7 Å². The van der Waals surface area contributed by atoms with Crippen molar-refractivity contribution in [2.45, 2.75) is 27.4 Å². The Kier molecular flexibility index (Phi) is 9.74. The van der Waals surface area contributed by atoms with Crippen molar-refractivity contribution in [1.29, 1.82) is 0 Å². The van der Waals surface area contributed by atoms with Gasteiger partial charge in [0.05, 0.1) is 17.3 Å². The number of hydrogen-bond acceptors (Lipinski definition) is 6. The molecule has 10 heteroatoms. The molecular formula is C30H27Br2N3O5. The van der Waals surface area contributed by atoms with Crippen LogP contribution in [-0.4, -0.2) is 29.9 Å². The number of hydrazone groups is 1. The van der Waals surface area contributed by atoms with Crippen molar-refractivity contribution in [2.24, 2.45) is 5.10 Å². The van der Waals surface area contributed by atoms with Crippen molar-refractivity contribution in [1.82, 2.24) is 9.99 Å². The lowest BCUT2D eigenvalue weighted by molar-refractivity contribution is 0.0923. The SMILES string of the molecule is C#CCOc1c(OCC)cc(/C=N/NC(=O)c2ccc(COc3ccc(-n4c(C)ccc4C)cc3)o2)c(Br)c1Br. The molecule has 1 amide bonds. The number of ether oxygens (including phenoxy) is 3. The van der Waals surface area contributed by atoms with Gasteiger partial charge in [-0.05, 0) is 107 Å². The summed E-state index contributed by atoms with van der Waals surface area (Å²) in [4.78, 5) is 12.6. The molecule has 0 fully saturated rings. The molecule has 0 aliphatic carbocycles. The maximum absolute atomic E-state index is 12.6. The first-order chi connectivity index (χ1) is 19.3. The van der Waals surface area contributed by atoms with E-state index in [2.05, 4.69) is 78.9 Å². The van der Waals surface area contributed by atoms with E-state index >= 15 is 0 Å². The predicted octanol–water partition coefficient (Wildman–Crippen LogP) is 6.97. The number of rotatable bonds is 11. The standard InChI is InChI=1S/C30H27Br2N3O5/c1-5-15-38-29-26(37-6-2)16-21(27(31)28(29)32)17-33-34-30(36)25-14-13-24(40-25)18-39-23-11-9-22(10-12-23)35-19(3)7-8-20(35)4/h1,7-14,16-17H,6,15,18H2,2-4H3,(H,34,36)/b33-17+. The normalized spacial score (nSPS) is 10.9. The zero-order valence-electron chi connectivity index (χ0n) is 22.2. The van der Waals surface area contributed by atoms with Crippen LogP contribution in [0, 0.1) is 26.2 Å². The van der Waals surface area contributed by atoms with Gasteiger partial charge in [-0.15, -0.1) is 6.42 Å². The fourth-order valence-corrected chi connectivity index (χ4v) is 4.86. The van der Waals surface area contributed by atoms with E-state index in [1.54, 1.807) is 18.2 Å². The summed E-state index contributed by atoms with van der Waals surface area (Å²) in [5.74, 6) is 4.20. The van der Waals surface area contributed by atoms with Crippen LogP contribution in [-0.2, 0) is 6.61 Å². The van der Waals surface area contributed by atoms with Crippen molar-refractivity contribution in [2.75, 3.05) is 13.2 Å². The van der Waals surface area contributed by atoms with Crippen molar-refractivity contribution < 1.29 is 23.4 Å². The molecule has 2 aromatic heterocycles. The molecule has 40 heavy (non-hydrogen) atoms. The van der Waals surface area contributed by atoms with E-state index in [4.69, 9.17) is 25.1 Å². The number of terminal acetylenes is 1. The third-order valence-corrected chi connectivity index (χ3v) is 7.90. The minimum absolute atomic E-state index is 0.0882. The molecule has 0 aliphatic heterocycles. The van der Waals surface area contributed by atoms with Crippen molar-refractivity contribution in [3.05, 3.63) is 92.0 Å². The zero-order chi connectivity index (χ0) is 28.6. The molecule has 4 rings (SSSR count). The number of aromatic nitrogens is 1. The van der Waals surface area contributed by atoms with Gasteiger partial charge in [0.25, 0.3) is 0 Å². The summed E-state index contributed by atoms with van der Waals surface area (Å²) in [5, 5.41) is 4.06. The van der Waals surface area contributed by atoms with Crippen LogP contribution < -0.4 is 19.6 Å². The largest absolute Gasteiger partial charge is 0.490 e. The summed E-state index contributed by atoms with van der Waals surface area (Å²) >= 11 is 7.00. The zero-order valence-corrected chi connectivity index (χ0v) is 25.3. The Morgan fingerprint density at radius 1 is 1.05 bits per heavy atom. The molecule has 2 aromatic carbocycles. The van der Waals surface area contributed by atoms with Crippen molar-refractivity contribution in [3.8, 4) is 35.3 Å². The minimum atomic E-state index is -0.501. The average Bonchev–Trinajstić information content (AvgIpc) is 3.56. The number of halogens is 2. The van der Waals surface area contributed by atoms with Crippen LogP contribution >= 0.6 is 31.9 Å². The first kappa shape index (κ1) is 29.1. The van der Waals surface area contributed by atoms with E-state index < -0.39 is 5.91 Å². The Morgan fingerprint density at radius 2 is 1.77 bits per heavy atom. The number of aryl methyl sites for hydroxylation is 2. The Morgan fingerprint density at radius 3 is 2.45 bits per heavy atom. The topological polar surface area (TPSA) is 87.2 Å². The third kappa shape index (κ3) is 6.79. The van der Waals surface area contributed by atoms with E-state index in [1.165, 1.54) is 6.21 Å². The highest BCUT2D eigenvalue weighted by Crippen LogP contribution is 2.42. The van der Waals surface area contributed by atoms with E-state index in [-0.39, 0.29) is 19.0 Å². The van der Waals surface area contributed by atoms with Crippen LogP contribution in [0.15, 0.2) is 73.1 Å². The van der Waals surface area contributed by atoms with E-state index in [1.807, 2.05) is 31.2 Å². The molecule has 1 N–H and O–H groups in total. The number of carbonyl (C=O) groups is 1. The molecule has 206 valence electrons. The number of furan rings is 1. The van der Waals surface area contributed by atoms with Crippen LogP contribution in [0.25, 0.3) is 5.69 Å². The highest BCUT2D eigenvalue weighted by Gasteiger charge is 2.17. The molecule has 2 heterocycles. The van der Waals surface area contributed by atoms with Crippen LogP contribution in [0.5, 0.6) is 17.2 Å². The van der Waals surface area contributed by atoms with Gasteiger partial charge in [-0.2, -0.15) is 5.10 Å². The molecule has 0 aliphatic rings. The van der Waals surface area contributed by atoms with Crippen LogP contribution in [0.4, 0.5) is 0 Å². The molecular weight excluding hydrogens is 642 g/mol.